The zero-order valence-corrected chi connectivity index (χ0v) is 16.9. The number of halogens is 3. The Morgan fingerprint density at radius 2 is 1.50 bits per heavy atom. The maximum absolute atomic E-state index is 13.1. The summed E-state index contributed by atoms with van der Waals surface area (Å²) in [7, 11) is -4.61. The van der Waals surface area contributed by atoms with Crippen LogP contribution in [0.3, 0.4) is 0 Å². The number of rotatable bonds is 7. The first kappa shape index (κ1) is 23.4. The predicted molar refractivity (Wildman–Crippen MR) is 105 cm³/mol. The Morgan fingerprint density at radius 1 is 0.967 bits per heavy atom. The summed E-state index contributed by atoms with van der Waals surface area (Å²) in [6, 6.07) is 8.41. The van der Waals surface area contributed by atoms with Crippen LogP contribution in [0.5, 0.6) is 0 Å². The highest BCUT2D eigenvalue weighted by molar-refractivity contribution is 7.89. The molecule has 0 spiro atoms. The Labute approximate surface area is 171 Å². The topological polar surface area (TPSA) is 104 Å². The molecule has 0 saturated carbocycles. The lowest BCUT2D eigenvalue weighted by molar-refractivity contribution is -0.139. The minimum absolute atomic E-state index is 0.186. The minimum atomic E-state index is -4.87. The Hall–Kier alpha value is -2.92. The van der Waals surface area contributed by atoms with Crippen molar-refractivity contribution < 1.29 is 31.2 Å². The molecule has 2 amide bonds. The summed E-state index contributed by atoms with van der Waals surface area (Å²) in [5, 5.41) is 5.08. The van der Waals surface area contributed by atoms with Crippen LogP contribution in [0.2, 0.25) is 0 Å². The van der Waals surface area contributed by atoms with E-state index in [9.17, 15) is 31.2 Å². The third kappa shape index (κ3) is 6.04. The van der Waals surface area contributed by atoms with Gasteiger partial charge >= 0.3 is 6.18 Å². The van der Waals surface area contributed by atoms with Gasteiger partial charge in [0.05, 0.1) is 16.5 Å². The number of sulfonamides is 1. The number of carbonyl (C=O) groups excluding carboxylic acids is 2. The van der Waals surface area contributed by atoms with Gasteiger partial charge < -0.3 is 10.6 Å². The SMILES string of the molecule is CCC(=O)Nc1ccc(NC(=O)[C@H](C)NS(=O)(=O)c2ccccc2C(F)(F)F)cc1. The Balaban J connectivity index is 2.10. The van der Waals surface area contributed by atoms with Crippen molar-refractivity contribution in [1.82, 2.24) is 4.72 Å². The highest BCUT2D eigenvalue weighted by Gasteiger charge is 2.37. The molecule has 0 aliphatic rings. The van der Waals surface area contributed by atoms with Crippen LogP contribution in [0.1, 0.15) is 25.8 Å². The minimum Gasteiger partial charge on any atom is -0.326 e. The van der Waals surface area contributed by atoms with Gasteiger partial charge in [0.1, 0.15) is 0 Å². The average Bonchev–Trinajstić information content (AvgIpc) is 2.68. The van der Waals surface area contributed by atoms with Crippen LogP contribution in [-0.2, 0) is 25.8 Å². The summed E-state index contributed by atoms with van der Waals surface area (Å²) in [6.07, 6.45) is -4.57. The van der Waals surface area contributed by atoms with E-state index in [0.29, 0.717) is 23.9 Å². The van der Waals surface area contributed by atoms with Gasteiger partial charge in [0.15, 0.2) is 0 Å². The van der Waals surface area contributed by atoms with Crippen molar-refractivity contribution in [2.24, 2.45) is 0 Å². The van der Waals surface area contributed by atoms with Crippen LogP contribution in [0.4, 0.5) is 24.5 Å². The molecule has 0 saturated heterocycles. The fourth-order valence-electron chi connectivity index (χ4n) is 2.42. The maximum Gasteiger partial charge on any atom is 0.417 e. The molecule has 30 heavy (non-hydrogen) atoms. The summed E-state index contributed by atoms with van der Waals surface area (Å²) >= 11 is 0. The van der Waals surface area contributed by atoms with Crippen LogP contribution in [0.15, 0.2) is 53.4 Å². The first-order valence-electron chi connectivity index (χ1n) is 8.83. The molecule has 0 fully saturated rings. The Bertz CT molecular complexity index is 1020. The normalized spacial score (nSPS) is 12.8. The lowest BCUT2D eigenvalue weighted by Gasteiger charge is -2.17. The molecule has 0 aliphatic heterocycles. The fourth-order valence-corrected chi connectivity index (χ4v) is 3.85. The van der Waals surface area contributed by atoms with E-state index in [2.05, 4.69) is 10.6 Å². The van der Waals surface area contributed by atoms with Crippen molar-refractivity contribution in [2.45, 2.75) is 37.4 Å². The zero-order valence-electron chi connectivity index (χ0n) is 16.1. The van der Waals surface area contributed by atoms with Crippen LogP contribution >= 0.6 is 0 Å². The number of amides is 2. The second-order valence-electron chi connectivity index (χ2n) is 6.31. The Morgan fingerprint density at radius 3 is 2.03 bits per heavy atom. The van der Waals surface area contributed by atoms with Crippen molar-refractivity contribution >= 4 is 33.2 Å². The number of hydrogen-bond acceptors (Lipinski definition) is 4. The molecule has 162 valence electrons. The van der Waals surface area contributed by atoms with E-state index in [0.717, 1.165) is 18.2 Å². The van der Waals surface area contributed by atoms with Gasteiger partial charge in [-0.1, -0.05) is 19.1 Å². The number of alkyl halides is 3. The van der Waals surface area contributed by atoms with E-state index >= 15 is 0 Å². The first-order chi connectivity index (χ1) is 13.9. The van der Waals surface area contributed by atoms with Gasteiger partial charge in [-0.05, 0) is 43.3 Å². The quantitative estimate of drug-likeness (QED) is 0.610. The van der Waals surface area contributed by atoms with Gasteiger partial charge in [-0.2, -0.15) is 17.9 Å². The number of nitrogens with one attached hydrogen (secondary N) is 3. The number of anilines is 2. The van der Waals surface area contributed by atoms with Crippen molar-refractivity contribution in [2.75, 3.05) is 10.6 Å². The maximum atomic E-state index is 13.1. The number of carbonyl (C=O) groups is 2. The highest BCUT2D eigenvalue weighted by atomic mass is 32.2. The molecule has 0 aromatic heterocycles. The van der Waals surface area contributed by atoms with Crippen molar-refractivity contribution in [3.63, 3.8) is 0 Å². The highest BCUT2D eigenvalue weighted by Crippen LogP contribution is 2.33. The molecule has 2 aromatic carbocycles. The molecule has 0 radical (unpaired) electrons. The largest absolute Gasteiger partial charge is 0.417 e. The number of benzene rings is 2. The molecule has 7 nitrogen and oxygen atoms in total. The van der Waals surface area contributed by atoms with E-state index in [4.69, 9.17) is 0 Å². The zero-order chi connectivity index (χ0) is 22.5. The van der Waals surface area contributed by atoms with Crippen LogP contribution in [0.25, 0.3) is 0 Å². The van der Waals surface area contributed by atoms with Gasteiger partial charge in [0, 0.05) is 17.8 Å². The molecule has 2 rings (SSSR count). The molecule has 3 N–H and O–H groups in total. The molecule has 11 heteroatoms. The van der Waals surface area contributed by atoms with Gasteiger partial charge in [-0.25, -0.2) is 8.42 Å². The summed E-state index contributed by atoms with van der Waals surface area (Å²) in [5.41, 5.74) is -0.497. The molecular weight excluding hydrogens is 423 g/mol. The fraction of sp³-hybridized carbons (Fsp3) is 0.263. The van der Waals surface area contributed by atoms with Crippen LogP contribution in [0, 0.1) is 0 Å². The van der Waals surface area contributed by atoms with Crippen molar-refractivity contribution in [3.05, 3.63) is 54.1 Å². The van der Waals surface area contributed by atoms with Gasteiger partial charge in [-0.3, -0.25) is 9.59 Å². The third-order valence-corrected chi connectivity index (χ3v) is 5.56. The van der Waals surface area contributed by atoms with E-state index < -0.39 is 38.6 Å². The molecule has 0 unspecified atom stereocenters. The summed E-state index contributed by atoms with van der Waals surface area (Å²) in [4.78, 5) is 22.7. The van der Waals surface area contributed by atoms with Crippen molar-refractivity contribution in [3.8, 4) is 0 Å². The second-order valence-corrected chi connectivity index (χ2v) is 7.99. The Kier molecular flexibility index (Phi) is 7.21. The molecule has 2 aromatic rings. The van der Waals surface area contributed by atoms with E-state index in [1.165, 1.54) is 31.2 Å². The third-order valence-electron chi connectivity index (χ3n) is 3.96. The predicted octanol–water partition coefficient (Wildman–Crippen LogP) is 3.36. The second kappa shape index (κ2) is 9.26. The molecule has 0 aliphatic carbocycles. The standard InChI is InChI=1S/C19H20F3N3O4S/c1-3-17(26)23-13-8-10-14(11-9-13)24-18(27)12(2)25-30(28,29)16-7-5-4-6-15(16)19(20,21)22/h4-12,25H,3H2,1-2H3,(H,23,26)(H,24,27)/t12-/m0/s1. The van der Waals surface area contributed by atoms with E-state index in [-0.39, 0.29) is 5.91 Å². The average molecular weight is 443 g/mol. The number of hydrogen-bond donors (Lipinski definition) is 3. The summed E-state index contributed by atoms with van der Waals surface area (Å²) < 4.78 is 66.1. The lowest BCUT2D eigenvalue weighted by Crippen LogP contribution is -2.42. The monoisotopic (exact) mass is 443 g/mol. The van der Waals surface area contributed by atoms with E-state index in [1.807, 2.05) is 4.72 Å². The molecular formula is C19H20F3N3O4S. The summed E-state index contributed by atoms with van der Waals surface area (Å²) in [5.74, 6) is -0.956. The molecule has 0 bridgehead atoms. The van der Waals surface area contributed by atoms with Gasteiger partial charge in [0.2, 0.25) is 21.8 Å². The molecule has 1 atom stereocenters. The lowest BCUT2D eigenvalue weighted by atomic mass is 10.2. The van der Waals surface area contributed by atoms with Crippen LogP contribution in [-0.4, -0.2) is 26.3 Å². The summed E-state index contributed by atoms with van der Waals surface area (Å²) in [6.45, 7) is 2.90. The smallest absolute Gasteiger partial charge is 0.326 e. The van der Waals surface area contributed by atoms with E-state index in [1.54, 1.807) is 6.92 Å². The van der Waals surface area contributed by atoms with Crippen molar-refractivity contribution in [1.29, 1.82) is 0 Å². The van der Waals surface area contributed by atoms with Crippen LogP contribution < -0.4 is 15.4 Å². The van der Waals surface area contributed by atoms with Gasteiger partial charge in [0.25, 0.3) is 0 Å². The first-order valence-corrected chi connectivity index (χ1v) is 10.3. The van der Waals surface area contributed by atoms with Gasteiger partial charge in [-0.15, -0.1) is 0 Å². The molecule has 0 heterocycles.